The third-order valence-corrected chi connectivity index (χ3v) is 3.17. The van der Waals surface area contributed by atoms with Crippen molar-refractivity contribution in [3.8, 4) is 6.07 Å². The van der Waals surface area contributed by atoms with E-state index in [0.29, 0.717) is 16.6 Å². The molecule has 8 heteroatoms. The Morgan fingerprint density at radius 2 is 2.33 bits per heavy atom. The van der Waals surface area contributed by atoms with Crippen LogP contribution in [0.2, 0.25) is 0 Å². The van der Waals surface area contributed by atoms with Crippen LogP contribution in [0.15, 0.2) is 24.3 Å². The number of amides is 1. The first kappa shape index (κ1) is 15.0. The number of nitriles is 1. The molecular formula is C13H10BrN3O4. The molecule has 0 N–H and O–H groups in total. The van der Waals surface area contributed by atoms with Crippen LogP contribution in [-0.2, 0) is 4.74 Å². The largest absolute Gasteiger partial charge is 0.448 e. The van der Waals surface area contributed by atoms with E-state index in [1.165, 1.54) is 29.2 Å². The summed E-state index contributed by atoms with van der Waals surface area (Å²) >= 11 is 3.14. The number of carbonyl (C=O) groups excluding carboxylic acids is 1. The molecule has 1 aliphatic rings. The molecule has 0 saturated carbocycles. The number of nitrogens with zero attached hydrogens (tertiary/aromatic N) is 3. The predicted molar refractivity (Wildman–Crippen MR) is 79.2 cm³/mol. The van der Waals surface area contributed by atoms with Crippen molar-refractivity contribution in [3.63, 3.8) is 0 Å². The topological polar surface area (TPSA) is 96.5 Å². The van der Waals surface area contributed by atoms with E-state index in [0.717, 1.165) is 0 Å². The van der Waals surface area contributed by atoms with Gasteiger partial charge in [-0.25, -0.2) is 4.79 Å². The van der Waals surface area contributed by atoms with Gasteiger partial charge in [-0.15, -0.1) is 0 Å². The Hall–Kier alpha value is -2.40. The summed E-state index contributed by atoms with van der Waals surface area (Å²) in [5.41, 5.74) is 0.822. The number of hydrogen-bond acceptors (Lipinski definition) is 5. The van der Waals surface area contributed by atoms with Crippen LogP contribution in [0.3, 0.4) is 0 Å². The van der Waals surface area contributed by atoms with Crippen LogP contribution in [0.1, 0.15) is 5.56 Å². The van der Waals surface area contributed by atoms with Gasteiger partial charge in [-0.1, -0.05) is 22.0 Å². The summed E-state index contributed by atoms with van der Waals surface area (Å²) in [6.07, 6.45) is 2.42. The normalized spacial score (nSPS) is 16.0. The number of hydrogen-bond donors (Lipinski definition) is 0. The average molecular weight is 352 g/mol. The zero-order valence-electron chi connectivity index (χ0n) is 10.7. The minimum atomic E-state index is -0.804. The van der Waals surface area contributed by atoms with Gasteiger partial charge in [0.2, 0.25) is 0 Å². The number of carbonyl (C=O) groups is 1. The molecule has 1 unspecified atom stereocenters. The van der Waals surface area contributed by atoms with Gasteiger partial charge in [-0.3, -0.25) is 15.0 Å². The molecule has 0 fully saturated rings. The molecule has 108 valence electrons. The molecule has 1 atom stereocenters. The molecule has 7 nitrogen and oxygen atoms in total. The molecule has 1 aromatic carbocycles. The lowest BCUT2D eigenvalue weighted by molar-refractivity contribution is -0.384. The van der Waals surface area contributed by atoms with Crippen LogP contribution >= 0.6 is 15.9 Å². The number of alkyl halides is 1. The molecule has 0 bridgehead atoms. The number of anilines is 1. The van der Waals surface area contributed by atoms with Crippen molar-refractivity contribution in [1.82, 2.24) is 0 Å². The molecule has 1 heterocycles. The summed E-state index contributed by atoms with van der Waals surface area (Å²) < 4.78 is 5.02. The lowest BCUT2D eigenvalue weighted by atomic mass is 10.0. The number of nitro groups is 1. The summed E-state index contributed by atoms with van der Waals surface area (Å²) in [6, 6.07) is 5.26. The van der Waals surface area contributed by atoms with Crippen molar-refractivity contribution in [2.45, 2.75) is 6.04 Å². The average Bonchev–Trinajstić information content (AvgIpc) is 2.50. The monoisotopic (exact) mass is 351 g/mol. The maximum Gasteiger partial charge on any atom is 0.415 e. The van der Waals surface area contributed by atoms with Crippen LogP contribution < -0.4 is 4.90 Å². The summed E-state index contributed by atoms with van der Waals surface area (Å²) in [6.45, 7) is 0.166. The van der Waals surface area contributed by atoms with Crippen LogP contribution in [-0.4, -0.2) is 29.0 Å². The van der Waals surface area contributed by atoms with Crippen LogP contribution in [0.5, 0.6) is 0 Å². The maximum atomic E-state index is 12.1. The Kier molecular flexibility index (Phi) is 4.55. The fourth-order valence-electron chi connectivity index (χ4n) is 1.95. The first-order valence-corrected chi connectivity index (χ1v) is 7.09. The highest BCUT2D eigenvalue weighted by Gasteiger charge is 2.30. The molecule has 1 amide bonds. The summed E-state index contributed by atoms with van der Waals surface area (Å²) in [7, 11) is 0. The second-order valence-electron chi connectivity index (χ2n) is 4.11. The van der Waals surface area contributed by atoms with Crippen molar-refractivity contribution < 1.29 is 14.5 Å². The molecule has 0 spiro atoms. The van der Waals surface area contributed by atoms with Crippen molar-refractivity contribution in [3.05, 3.63) is 40.0 Å². The van der Waals surface area contributed by atoms with Gasteiger partial charge in [-0.05, 0) is 12.1 Å². The molecule has 0 aliphatic carbocycles. The van der Waals surface area contributed by atoms with Gasteiger partial charge in [0.1, 0.15) is 12.6 Å². The fraction of sp³-hybridized carbons (Fsp3) is 0.231. The quantitative estimate of drug-likeness (QED) is 0.473. The number of nitro benzene ring substituents is 1. The predicted octanol–water partition coefficient (Wildman–Crippen LogP) is 2.85. The van der Waals surface area contributed by atoms with Crippen molar-refractivity contribution in [2.75, 3.05) is 16.8 Å². The summed E-state index contributed by atoms with van der Waals surface area (Å²) in [5, 5.41) is 20.4. The van der Waals surface area contributed by atoms with Crippen molar-refractivity contribution in [2.24, 2.45) is 0 Å². The number of benzene rings is 1. The molecule has 1 aromatic rings. The SMILES string of the molecule is N#CC1C=Cc2cc([N+](=O)[O-])ccc2N1C(=O)OCCBr. The number of fused-ring (bicyclic) bond motifs is 1. The molecule has 2 rings (SSSR count). The minimum Gasteiger partial charge on any atom is -0.448 e. The molecule has 1 aliphatic heterocycles. The number of halogens is 1. The molecular weight excluding hydrogens is 342 g/mol. The second kappa shape index (κ2) is 6.37. The number of ether oxygens (including phenoxy) is 1. The Morgan fingerprint density at radius 1 is 1.57 bits per heavy atom. The number of non-ortho nitro benzene ring substituents is 1. The second-order valence-corrected chi connectivity index (χ2v) is 4.90. The van der Waals surface area contributed by atoms with Gasteiger partial charge in [0.05, 0.1) is 16.7 Å². The fourth-order valence-corrected chi connectivity index (χ4v) is 2.11. The summed E-state index contributed by atoms with van der Waals surface area (Å²) in [5.74, 6) is 0. The smallest absolute Gasteiger partial charge is 0.415 e. The maximum absolute atomic E-state index is 12.1. The number of rotatable bonds is 3. The highest BCUT2D eigenvalue weighted by Crippen LogP contribution is 2.32. The molecule has 21 heavy (non-hydrogen) atoms. The van der Waals surface area contributed by atoms with E-state index in [2.05, 4.69) is 15.9 Å². The Labute approximate surface area is 128 Å². The first-order valence-electron chi connectivity index (χ1n) is 5.96. The zero-order chi connectivity index (χ0) is 15.4. The lowest BCUT2D eigenvalue weighted by Gasteiger charge is -2.28. The van der Waals surface area contributed by atoms with E-state index in [1.54, 1.807) is 6.08 Å². The van der Waals surface area contributed by atoms with Crippen molar-refractivity contribution in [1.29, 1.82) is 5.26 Å². The third kappa shape index (κ3) is 3.03. The van der Waals surface area contributed by atoms with E-state index in [4.69, 9.17) is 10.00 Å². The Balaban J connectivity index is 2.41. The zero-order valence-corrected chi connectivity index (χ0v) is 12.3. The minimum absolute atomic E-state index is 0.0809. The third-order valence-electron chi connectivity index (χ3n) is 2.85. The van der Waals surface area contributed by atoms with E-state index in [-0.39, 0.29) is 12.3 Å². The van der Waals surface area contributed by atoms with Crippen LogP contribution in [0.25, 0.3) is 6.08 Å². The molecule has 0 radical (unpaired) electrons. The molecule has 0 aromatic heterocycles. The van der Waals surface area contributed by atoms with E-state index >= 15 is 0 Å². The van der Waals surface area contributed by atoms with Gasteiger partial charge in [-0.2, -0.15) is 5.26 Å². The lowest BCUT2D eigenvalue weighted by Crippen LogP contribution is -2.41. The summed E-state index contributed by atoms with van der Waals surface area (Å²) in [4.78, 5) is 23.5. The van der Waals surface area contributed by atoms with Gasteiger partial charge < -0.3 is 4.74 Å². The van der Waals surface area contributed by atoms with Gasteiger partial charge in [0, 0.05) is 23.0 Å². The Morgan fingerprint density at radius 3 is 2.95 bits per heavy atom. The Bertz CT molecular complexity index is 653. The van der Waals surface area contributed by atoms with Gasteiger partial charge in [0.15, 0.2) is 0 Å². The van der Waals surface area contributed by atoms with Crippen LogP contribution in [0.4, 0.5) is 16.2 Å². The molecule has 0 saturated heterocycles. The highest BCUT2D eigenvalue weighted by molar-refractivity contribution is 9.09. The van der Waals surface area contributed by atoms with Crippen molar-refractivity contribution >= 4 is 39.5 Å². The standard InChI is InChI=1S/C13H10BrN3O4/c14-5-6-21-13(18)16-11(8-15)2-1-9-7-10(17(19)20)3-4-12(9)16/h1-4,7,11H,5-6H2. The first-order chi connectivity index (χ1) is 10.1. The van der Waals surface area contributed by atoms with Crippen LogP contribution in [0, 0.1) is 21.4 Å². The van der Waals surface area contributed by atoms with Gasteiger partial charge >= 0.3 is 6.09 Å². The van der Waals surface area contributed by atoms with E-state index in [1.807, 2.05) is 6.07 Å². The van der Waals surface area contributed by atoms with Gasteiger partial charge in [0.25, 0.3) is 5.69 Å². The van der Waals surface area contributed by atoms with E-state index in [9.17, 15) is 14.9 Å². The van der Waals surface area contributed by atoms with E-state index < -0.39 is 17.1 Å². The highest BCUT2D eigenvalue weighted by atomic mass is 79.9.